The van der Waals surface area contributed by atoms with Crippen molar-refractivity contribution in [2.45, 2.75) is 71.9 Å². The predicted octanol–water partition coefficient (Wildman–Crippen LogP) is 2.26. The predicted molar refractivity (Wildman–Crippen MR) is 133 cm³/mol. The van der Waals surface area contributed by atoms with Crippen molar-refractivity contribution in [3.05, 3.63) is 29.8 Å². The molecule has 0 saturated carbocycles. The maximum atomic E-state index is 12.6. The van der Waals surface area contributed by atoms with Gasteiger partial charge in [0.15, 0.2) is 0 Å². The fourth-order valence-corrected chi connectivity index (χ4v) is 5.09. The quantitative estimate of drug-likeness (QED) is 0.251. The van der Waals surface area contributed by atoms with Crippen molar-refractivity contribution in [2.75, 3.05) is 31.9 Å². The van der Waals surface area contributed by atoms with Gasteiger partial charge in [-0.05, 0) is 55.8 Å². The van der Waals surface area contributed by atoms with E-state index < -0.39 is 28.1 Å². The lowest BCUT2D eigenvalue weighted by Gasteiger charge is -2.25. The average molecular weight is 486 g/mol. The minimum absolute atomic E-state index is 0.143. The Morgan fingerprint density at radius 2 is 1.70 bits per heavy atom. The van der Waals surface area contributed by atoms with E-state index in [0.29, 0.717) is 32.0 Å². The number of amides is 1. The number of aliphatic hydroxyl groups excluding tert-OH is 1. The molecular weight excluding hydrogens is 442 g/mol. The molecule has 0 aliphatic carbocycles. The highest BCUT2D eigenvalue weighted by Gasteiger charge is 2.25. The zero-order chi connectivity index (χ0) is 24.9. The van der Waals surface area contributed by atoms with Gasteiger partial charge in [-0.2, -0.15) is 0 Å². The van der Waals surface area contributed by atoms with Gasteiger partial charge < -0.3 is 20.8 Å². The second kappa shape index (κ2) is 15.3. The SMILES string of the molecule is CCCN(CCC)S(=O)(=O)CCC(=O)N[C@@H](Cc1ccc(O)cc1)[C@@H](O)CNCCC(C)C. The van der Waals surface area contributed by atoms with Gasteiger partial charge in [0.1, 0.15) is 5.75 Å². The summed E-state index contributed by atoms with van der Waals surface area (Å²) in [5.41, 5.74) is 0.851. The minimum atomic E-state index is -3.52. The number of carbonyl (C=O) groups is 1. The number of benzene rings is 1. The summed E-state index contributed by atoms with van der Waals surface area (Å²) in [6, 6.07) is 6.02. The van der Waals surface area contributed by atoms with Gasteiger partial charge in [-0.3, -0.25) is 4.79 Å². The summed E-state index contributed by atoms with van der Waals surface area (Å²) in [5.74, 6) is 0.0257. The van der Waals surface area contributed by atoms with E-state index in [1.165, 1.54) is 4.31 Å². The molecule has 0 saturated heterocycles. The first kappa shape index (κ1) is 29.4. The number of sulfonamides is 1. The number of nitrogens with zero attached hydrogens (tertiary/aromatic N) is 1. The van der Waals surface area contributed by atoms with Gasteiger partial charge in [0.25, 0.3) is 0 Å². The van der Waals surface area contributed by atoms with E-state index in [-0.39, 0.29) is 17.9 Å². The summed E-state index contributed by atoms with van der Waals surface area (Å²) in [6.45, 7) is 10.1. The number of rotatable bonds is 17. The van der Waals surface area contributed by atoms with E-state index in [4.69, 9.17) is 0 Å². The number of hydrogen-bond donors (Lipinski definition) is 4. The fraction of sp³-hybridized carbons (Fsp3) is 0.708. The van der Waals surface area contributed by atoms with Crippen molar-refractivity contribution in [1.29, 1.82) is 0 Å². The highest BCUT2D eigenvalue weighted by Crippen LogP contribution is 2.13. The van der Waals surface area contributed by atoms with E-state index in [0.717, 1.165) is 31.4 Å². The summed E-state index contributed by atoms with van der Waals surface area (Å²) in [4.78, 5) is 12.6. The molecular formula is C24H43N3O5S. The number of phenolic OH excluding ortho intramolecular Hbond substituents is 1. The molecule has 0 spiro atoms. The first-order valence-electron chi connectivity index (χ1n) is 12.0. The second-order valence-electron chi connectivity index (χ2n) is 8.96. The Hall–Kier alpha value is -1.68. The van der Waals surface area contributed by atoms with Crippen LogP contribution in [-0.4, -0.2) is 72.9 Å². The van der Waals surface area contributed by atoms with E-state index in [1.54, 1.807) is 24.3 Å². The van der Waals surface area contributed by atoms with Crippen molar-refractivity contribution >= 4 is 15.9 Å². The Morgan fingerprint density at radius 1 is 1.09 bits per heavy atom. The van der Waals surface area contributed by atoms with E-state index >= 15 is 0 Å². The fourth-order valence-electron chi connectivity index (χ4n) is 3.47. The summed E-state index contributed by atoms with van der Waals surface area (Å²) >= 11 is 0. The van der Waals surface area contributed by atoms with Crippen molar-refractivity contribution in [3.8, 4) is 5.75 Å². The smallest absolute Gasteiger partial charge is 0.221 e. The van der Waals surface area contributed by atoms with Gasteiger partial charge in [0.05, 0.1) is 17.9 Å². The van der Waals surface area contributed by atoms with Crippen molar-refractivity contribution < 1.29 is 23.4 Å². The van der Waals surface area contributed by atoms with Gasteiger partial charge in [-0.1, -0.05) is 39.8 Å². The molecule has 0 aliphatic rings. The topological polar surface area (TPSA) is 119 Å². The lowest BCUT2D eigenvalue weighted by Crippen LogP contribution is -2.49. The van der Waals surface area contributed by atoms with E-state index in [1.807, 2.05) is 13.8 Å². The van der Waals surface area contributed by atoms with Crippen molar-refractivity contribution in [2.24, 2.45) is 5.92 Å². The first-order valence-corrected chi connectivity index (χ1v) is 13.6. The molecule has 2 atom stereocenters. The van der Waals surface area contributed by atoms with Crippen LogP contribution in [0.2, 0.25) is 0 Å². The van der Waals surface area contributed by atoms with E-state index in [9.17, 15) is 23.4 Å². The number of phenols is 1. The molecule has 0 bridgehead atoms. The van der Waals surface area contributed by atoms with Crippen LogP contribution in [0.25, 0.3) is 0 Å². The third kappa shape index (κ3) is 11.8. The molecule has 0 fully saturated rings. The molecule has 1 aromatic carbocycles. The van der Waals surface area contributed by atoms with Crippen LogP contribution in [0, 0.1) is 5.92 Å². The Kier molecular flexibility index (Phi) is 13.6. The molecule has 1 amide bonds. The molecule has 0 aromatic heterocycles. The van der Waals surface area contributed by atoms with Crippen LogP contribution in [0.3, 0.4) is 0 Å². The molecule has 0 radical (unpaired) electrons. The van der Waals surface area contributed by atoms with Gasteiger partial charge in [-0.15, -0.1) is 0 Å². The highest BCUT2D eigenvalue weighted by atomic mass is 32.2. The average Bonchev–Trinajstić information content (AvgIpc) is 2.76. The van der Waals surface area contributed by atoms with Crippen molar-refractivity contribution in [1.82, 2.24) is 14.9 Å². The van der Waals surface area contributed by atoms with Crippen LogP contribution in [0.5, 0.6) is 5.75 Å². The Labute approximate surface area is 199 Å². The molecule has 190 valence electrons. The Morgan fingerprint density at radius 3 is 2.24 bits per heavy atom. The lowest BCUT2D eigenvalue weighted by atomic mass is 10.0. The van der Waals surface area contributed by atoms with Crippen LogP contribution in [0.1, 0.15) is 58.9 Å². The zero-order valence-electron chi connectivity index (χ0n) is 20.6. The third-order valence-corrected chi connectivity index (χ3v) is 7.25. The highest BCUT2D eigenvalue weighted by molar-refractivity contribution is 7.89. The molecule has 9 heteroatoms. The number of nitrogens with one attached hydrogen (secondary N) is 2. The minimum Gasteiger partial charge on any atom is -0.508 e. The Bertz CT molecular complexity index is 778. The lowest BCUT2D eigenvalue weighted by molar-refractivity contribution is -0.122. The van der Waals surface area contributed by atoms with Crippen molar-refractivity contribution in [3.63, 3.8) is 0 Å². The molecule has 1 aromatic rings. The number of aromatic hydroxyl groups is 1. The second-order valence-corrected chi connectivity index (χ2v) is 11.1. The number of aliphatic hydroxyl groups is 1. The molecule has 0 heterocycles. The Balaban J connectivity index is 2.77. The van der Waals surface area contributed by atoms with Gasteiger partial charge in [-0.25, -0.2) is 12.7 Å². The molecule has 33 heavy (non-hydrogen) atoms. The maximum absolute atomic E-state index is 12.6. The largest absolute Gasteiger partial charge is 0.508 e. The van der Waals surface area contributed by atoms with Gasteiger partial charge >= 0.3 is 0 Å². The molecule has 4 N–H and O–H groups in total. The normalized spacial score (nSPS) is 13.9. The third-order valence-electron chi connectivity index (χ3n) is 5.38. The summed E-state index contributed by atoms with van der Waals surface area (Å²) < 4.78 is 26.7. The molecule has 8 nitrogen and oxygen atoms in total. The number of carbonyl (C=O) groups excluding carboxylic acids is 1. The molecule has 1 rings (SSSR count). The van der Waals surface area contributed by atoms with Crippen LogP contribution in [0.15, 0.2) is 24.3 Å². The van der Waals surface area contributed by atoms with E-state index in [2.05, 4.69) is 24.5 Å². The van der Waals surface area contributed by atoms with Gasteiger partial charge in [0, 0.05) is 26.1 Å². The van der Waals surface area contributed by atoms with Crippen LogP contribution in [0.4, 0.5) is 0 Å². The van der Waals surface area contributed by atoms with Gasteiger partial charge in [0.2, 0.25) is 15.9 Å². The molecule has 0 unspecified atom stereocenters. The monoisotopic (exact) mass is 485 g/mol. The van der Waals surface area contributed by atoms with Crippen LogP contribution < -0.4 is 10.6 Å². The molecule has 0 aliphatic heterocycles. The van der Waals surface area contributed by atoms with Crippen LogP contribution >= 0.6 is 0 Å². The van der Waals surface area contributed by atoms with Crippen LogP contribution in [-0.2, 0) is 21.2 Å². The zero-order valence-corrected chi connectivity index (χ0v) is 21.4. The summed E-state index contributed by atoms with van der Waals surface area (Å²) in [6.07, 6.45) is 1.77. The standard InChI is InChI=1S/C24H43N3O5S/c1-5-14-27(15-6-2)33(31,32)16-12-24(30)26-22(17-20-7-9-21(28)10-8-20)23(29)18-25-13-11-19(3)4/h7-10,19,22-23,25,28-29H,5-6,11-18H2,1-4H3,(H,26,30)/t22-,23-/m0/s1. The number of hydrogen-bond acceptors (Lipinski definition) is 6. The first-order chi connectivity index (χ1) is 15.6. The summed E-state index contributed by atoms with van der Waals surface area (Å²) in [5, 5.41) is 26.3. The summed E-state index contributed by atoms with van der Waals surface area (Å²) in [7, 11) is -3.52. The maximum Gasteiger partial charge on any atom is 0.221 e.